The standard InChI is InChI=1S/C16H13N7O/c17-7-10(8-18)14(9-19)20-13-5-11-12(22-16(24)21-11)6-15(13)23-3-1-2-4-23/h5-6,20H,1-4H2,(H2,21,22,24). The van der Waals surface area contributed by atoms with Gasteiger partial charge < -0.3 is 20.2 Å². The molecule has 3 N–H and O–H groups in total. The van der Waals surface area contributed by atoms with Crippen LogP contribution >= 0.6 is 0 Å². The number of nitrogens with zero attached hydrogens (tertiary/aromatic N) is 4. The predicted molar refractivity (Wildman–Crippen MR) is 87.9 cm³/mol. The Kier molecular flexibility index (Phi) is 3.93. The highest BCUT2D eigenvalue weighted by Gasteiger charge is 2.19. The Morgan fingerprint density at radius 2 is 1.67 bits per heavy atom. The van der Waals surface area contributed by atoms with Crippen LogP contribution in [-0.4, -0.2) is 23.1 Å². The first kappa shape index (κ1) is 15.2. The number of allylic oxidation sites excluding steroid dienone is 2. The van der Waals surface area contributed by atoms with Gasteiger partial charge in [-0.2, -0.15) is 15.8 Å². The third-order valence-electron chi connectivity index (χ3n) is 3.92. The van der Waals surface area contributed by atoms with E-state index in [-0.39, 0.29) is 17.0 Å². The van der Waals surface area contributed by atoms with Crippen LogP contribution in [0.3, 0.4) is 0 Å². The largest absolute Gasteiger partial charge is 0.370 e. The molecule has 0 saturated carbocycles. The van der Waals surface area contributed by atoms with Crippen molar-refractivity contribution in [3.63, 3.8) is 0 Å². The van der Waals surface area contributed by atoms with Gasteiger partial charge in [-0.3, -0.25) is 0 Å². The Hall–Kier alpha value is -3.70. The third kappa shape index (κ3) is 2.67. The molecule has 1 aromatic carbocycles. The number of hydrogen-bond acceptors (Lipinski definition) is 6. The van der Waals surface area contributed by atoms with Gasteiger partial charge in [-0.25, -0.2) is 4.79 Å². The van der Waals surface area contributed by atoms with Crippen LogP contribution in [0.4, 0.5) is 11.4 Å². The van der Waals surface area contributed by atoms with E-state index in [9.17, 15) is 10.1 Å². The van der Waals surface area contributed by atoms with Crippen LogP contribution in [0.5, 0.6) is 0 Å². The second kappa shape index (κ2) is 6.20. The molecule has 1 aliphatic rings. The van der Waals surface area contributed by atoms with Crippen molar-refractivity contribution in [3.05, 3.63) is 33.9 Å². The second-order valence-corrected chi connectivity index (χ2v) is 5.40. The van der Waals surface area contributed by atoms with Crippen molar-refractivity contribution in [2.75, 3.05) is 23.3 Å². The number of hydrogen-bond donors (Lipinski definition) is 3. The molecular weight excluding hydrogens is 306 g/mol. The number of nitrogens with one attached hydrogen (secondary N) is 3. The summed E-state index contributed by atoms with van der Waals surface area (Å²) in [6.45, 7) is 1.73. The molecule has 1 aliphatic heterocycles. The van der Waals surface area contributed by atoms with E-state index < -0.39 is 0 Å². The summed E-state index contributed by atoms with van der Waals surface area (Å²) in [6, 6.07) is 8.79. The lowest BCUT2D eigenvalue weighted by molar-refractivity contribution is 0.949. The molecule has 8 nitrogen and oxygen atoms in total. The van der Waals surface area contributed by atoms with Crippen LogP contribution in [-0.2, 0) is 0 Å². The number of anilines is 2. The summed E-state index contributed by atoms with van der Waals surface area (Å²) in [6.07, 6.45) is 2.12. The summed E-state index contributed by atoms with van der Waals surface area (Å²) in [7, 11) is 0. The smallest absolute Gasteiger partial charge is 0.323 e. The van der Waals surface area contributed by atoms with Crippen molar-refractivity contribution in [3.8, 4) is 18.2 Å². The second-order valence-electron chi connectivity index (χ2n) is 5.40. The monoisotopic (exact) mass is 319 g/mol. The molecule has 0 bridgehead atoms. The molecule has 0 aliphatic carbocycles. The van der Waals surface area contributed by atoms with Crippen molar-refractivity contribution in [1.29, 1.82) is 15.8 Å². The molecule has 0 radical (unpaired) electrons. The van der Waals surface area contributed by atoms with Crippen LogP contribution < -0.4 is 15.9 Å². The number of fused-ring (bicyclic) bond motifs is 1. The molecule has 0 amide bonds. The zero-order chi connectivity index (χ0) is 17.1. The summed E-state index contributed by atoms with van der Waals surface area (Å²) in [5, 5.41) is 30.1. The van der Waals surface area contributed by atoms with Gasteiger partial charge in [0.2, 0.25) is 0 Å². The minimum absolute atomic E-state index is 0.113. The van der Waals surface area contributed by atoms with Crippen molar-refractivity contribution in [1.82, 2.24) is 9.97 Å². The fourth-order valence-electron chi connectivity index (χ4n) is 2.81. The summed E-state index contributed by atoms with van der Waals surface area (Å²) in [5.41, 5.74) is 1.91. The molecule has 118 valence electrons. The molecule has 1 saturated heterocycles. The molecule has 0 unspecified atom stereocenters. The van der Waals surface area contributed by atoms with Crippen LogP contribution in [0.25, 0.3) is 11.0 Å². The molecular formula is C16H13N7O. The number of rotatable bonds is 3. The summed E-state index contributed by atoms with van der Waals surface area (Å²) in [5.74, 6) is 0. The van der Waals surface area contributed by atoms with E-state index in [2.05, 4.69) is 20.2 Å². The first-order valence-corrected chi connectivity index (χ1v) is 7.39. The number of imidazole rings is 1. The SMILES string of the molecule is N#CC(C#N)=C(C#N)Nc1cc2[nH]c(=O)[nH]c2cc1N1CCCC1. The summed E-state index contributed by atoms with van der Waals surface area (Å²) < 4.78 is 0. The number of nitriles is 3. The van der Waals surface area contributed by atoms with Gasteiger partial charge in [-0.05, 0) is 25.0 Å². The van der Waals surface area contributed by atoms with Gasteiger partial charge in [-0.1, -0.05) is 0 Å². The van der Waals surface area contributed by atoms with Gasteiger partial charge in [0.05, 0.1) is 22.4 Å². The zero-order valence-corrected chi connectivity index (χ0v) is 12.7. The lowest BCUT2D eigenvalue weighted by atomic mass is 10.2. The minimum atomic E-state index is -0.319. The Balaban J connectivity index is 2.14. The van der Waals surface area contributed by atoms with E-state index >= 15 is 0 Å². The topological polar surface area (TPSA) is 135 Å². The molecule has 0 spiro atoms. The molecule has 1 aromatic heterocycles. The van der Waals surface area contributed by atoms with Gasteiger partial charge in [0.15, 0.2) is 5.57 Å². The Bertz CT molecular complexity index is 984. The third-order valence-corrected chi connectivity index (χ3v) is 3.92. The van der Waals surface area contributed by atoms with E-state index in [0.29, 0.717) is 16.7 Å². The first-order chi connectivity index (χ1) is 11.7. The van der Waals surface area contributed by atoms with Crippen molar-refractivity contribution >= 4 is 22.4 Å². The fraction of sp³-hybridized carbons (Fsp3) is 0.250. The van der Waals surface area contributed by atoms with Crippen molar-refractivity contribution in [2.24, 2.45) is 0 Å². The highest BCUT2D eigenvalue weighted by molar-refractivity contribution is 5.89. The van der Waals surface area contributed by atoms with Crippen LogP contribution in [0.1, 0.15) is 12.8 Å². The van der Waals surface area contributed by atoms with Crippen LogP contribution in [0.2, 0.25) is 0 Å². The Morgan fingerprint density at radius 3 is 2.25 bits per heavy atom. The predicted octanol–water partition coefficient (Wildman–Crippen LogP) is 1.69. The van der Waals surface area contributed by atoms with Crippen LogP contribution in [0, 0.1) is 34.0 Å². The van der Waals surface area contributed by atoms with Crippen molar-refractivity contribution < 1.29 is 0 Å². The van der Waals surface area contributed by atoms with Gasteiger partial charge in [0.25, 0.3) is 0 Å². The van der Waals surface area contributed by atoms with E-state index in [0.717, 1.165) is 31.6 Å². The lowest BCUT2D eigenvalue weighted by Crippen LogP contribution is -2.19. The summed E-state index contributed by atoms with van der Waals surface area (Å²) in [4.78, 5) is 19.0. The molecule has 0 atom stereocenters. The molecule has 3 rings (SSSR count). The Morgan fingerprint density at radius 1 is 1.04 bits per heavy atom. The molecule has 2 aromatic rings. The average Bonchev–Trinajstić information content (AvgIpc) is 3.22. The van der Waals surface area contributed by atoms with Crippen LogP contribution in [0.15, 0.2) is 28.2 Å². The van der Waals surface area contributed by atoms with E-state index in [1.165, 1.54) is 0 Å². The quantitative estimate of drug-likeness (QED) is 0.737. The highest BCUT2D eigenvalue weighted by atomic mass is 16.1. The first-order valence-electron chi connectivity index (χ1n) is 7.39. The maximum atomic E-state index is 11.5. The normalized spacial score (nSPS) is 13.1. The maximum absolute atomic E-state index is 11.5. The van der Waals surface area contributed by atoms with E-state index in [4.69, 9.17) is 10.5 Å². The van der Waals surface area contributed by atoms with Gasteiger partial charge in [-0.15, -0.1) is 0 Å². The number of aromatic amines is 2. The Labute approximate surface area is 137 Å². The summed E-state index contributed by atoms with van der Waals surface area (Å²) >= 11 is 0. The molecule has 1 fully saturated rings. The lowest BCUT2D eigenvalue weighted by Gasteiger charge is -2.22. The van der Waals surface area contributed by atoms with Crippen molar-refractivity contribution in [2.45, 2.75) is 12.8 Å². The number of H-pyrrole nitrogens is 2. The number of benzene rings is 1. The fourth-order valence-corrected chi connectivity index (χ4v) is 2.81. The molecule has 2 heterocycles. The average molecular weight is 319 g/mol. The van der Waals surface area contributed by atoms with E-state index in [1.807, 2.05) is 12.1 Å². The van der Waals surface area contributed by atoms with E-state index in [1.54, 1.807) is 18.2 Å². The zero-order valence-electron chi connectivity index (χ0n) is 12.7. The minimum Gasteiger partial charge on any atom is -0.370 e. The molecule has 8 heteroatoms. The highest BCUT2D eigenvalue weighted by Crippen LogP contribution is 2.33. The van der Waals surface area contributed by atoms with Gasteiger partial charge >= 0.3 is 5.69 Å². The maximum Gasteiger partial charge on any atom is 0.323 e. The van der Waals surface area contributed by atoms with Gasteiger partial charge in [0, 0.05) is 13.1 Å². The van der Waals surface area contributed by atoms with Gasteiger partial charge in [0.1, 0.15) is 23.9 Å². The molecule has 24 heavy (non-hydrogen) atoms. The number of aromatic nitrogens is 2.